The van der Waals surface area contributed by atoms with Gasteiger partial charge < -0.3 is 48.7 Å². The molecule has 0 aliphatic heterocycles. The molecule has 0 aromatic carbocycles. The van der Waals surface area contributed by atoms with Crippen LogP contribution in [0.3, 0.4) is 0 Å². The lowest BCUT2D eigenvalue weighted by Gasteiger charge is -2.29. The molecule has 37 heavy (non-hydrogen) atoms. The number of nitrogens with one attached hydrogen (secondary N) is 4. The molecular weight excluding hydrogens is 488 g/mol. The minimum absolute atomic E-state index is 0.105. The summed E-state index contributed by atoms with van der Waals surface area (Å²) in [5, 5.41) is 27.9. The molecule has 0 radical (unpaired) electrons. The summed E-state index contributed by atoms with van der Waals surface area (Å²) in [5.41, 5.74) is 16.2. The summed E-state index contributed by atoms with van der Waals surface area (Å²) in [6.07, 6.45) is 0.907. The van der Waals surface area contributed by atoms with Crippen molar-refractivity contribution in [2.24, 2.45) is 34.0 Å². The van der Waals surface area contributed by atoms with Crippen LogP contribution in [0.25, 0.3) is 0 Å². The molecule has 15 heteroatoms. The lowest BCUT2D eigenvalue weighted by atomic mass is 9.96. The van der Waals surface area contributed by atoms with E-state index >= 15 is 0 Å². The van der Waals surface area contributed by atoms with Gasteiger partial charge >= 0.3 is 5.97 Å². The average molecular weight is 531 g/mol. The van der Waals surface area contributed by atoms with Gasteiger partial charge in [0.15, 0.2) is 5.96 Å². The van der Waals surface area contributed by atoms with Crippen molar-refractivity contribution in [3.05, 3.63) is 0 Å². The van der Waals surface area contributed by atoms with E-state index in [1.165, 1.54) is 0 Å². The predicted octanol–water partition coefficient (Wildman–Crippen LogP) is -3.28. The fraction of sp³-hybridized carbons (Fsp3) is 0.727. The Hall–Kier alpha value is -3.46. The van der Waals surface area contributed by atoms with E-state index in [9.17, 15) is 24.0 Å². The van der Waals surface area contributed by atoms with E-state index in [-0.39, 0.29) is 30.8 Å². The highest BCUT2D eigenvalue weighted by Crippen LogP contribution is 2.11. The van der Waals surface area contributed by atoms with Crippen LogP contribution in [0.4, 0.5) is 0 Å². The fourth-order valence-electron chi connectivity index (χ4n) is 3.14. The third-order valence-electron chi connectivity index (χ3n) is 5.57. The quantitative estimate of drug-likeness (QED) is 0.0514. The Bertz CT molecular complexity index is 817. The van der Waals surface area contributed by atoms with Crippen LogP contribution in [0, 0.1) is 11.8 Å². The molecule has 0 rings (SSSR count). The standard InChI is InChI=1S/C22H42N8O7/c1-5-12(4)17(21(37)29-16(11(2)3)20(36)27-9-15(32)33)30-19(35)14(7-6-8-26-22(24)25)28-18(34)13(23)10-31/h11-14,16-17,31H,5-10,23H2,1-4H3,(H,27,36)(H,28,34)(H,29,37)(H,30,35)(H,32,33)(H4,24,25,26)/t12-,13-,14-,16-,17-/m0/s1. The Morgan fingerprint density at radius 3 is 1.97 bits per heavy atom. The van der Waals surface area contributed by atoms with Crippen molar-refractivity contribution in [3.63, 3.8) is 0 Å². The average Bonchev–Trinajstić information content (AvgIpc) is 2.84. The Kier molecular flexibility index (Phi) is 15.5. The van der Waals surface area contributed by atoms with Gasteiger partial charge in [-0.1, -0.05) is 34.1 Å². The number of carbonyl (C=O) groups excluding carboxylic acids is 4. The Labute approximate surface area is 216 Å². The first-order chi connectivity index (χ1) is 17.2. The summed E-state index contributed by atoms with van der Waals surface area (Å²) in [5.74, 6) is -4.88. The van der Waals surface area contributed by atoms with Crippen LogP contribution in [0.5, 0.6) is 0 Å². The largest absolute Gasteiger partial charge is 0.480 e. The van der Waals surface area contributed by atoms with Gasteiger partial charge in [-0.15, -0.1) is 0 Å². The van der Waals surface area contributed by atoms with Crippen molar-refractivity contribution in [2.75, 3.05) is 19.7 Å². The second-order valence-corrected chi connectivity index (χ2v) is 9.01. The van der Waals surface area contributed by atoms with Gasteiger partial charge in [-0.05, 0) is 24.7 Å². The molecular formula is C22H42N8O7. The number of rotatable bonds is 17. The van der Waals surface area contributed by atoms with Crippen LogP contribution in [0.2, 0.25) is 0 Å². The number of amides is 4. The number of nitrogens with zero attached hydrogens (tertiary/aromatic N) is 1. The molecule has 0 aromatic rings. The molecule has 0 fully saturated rings. The molecule has 5 atom stereocenters. The zero-order valence-electron chi connectivity index (χ0n) is 21.8. The van der Waals surface area contributed by atoms with Crippen molar-refractivity contribution in [3.8, 4) is 0 Å². The van der Waals surface area contributed by atoms with Gasteiger partial charge in [0, 0.05) is 6.54 Å². The molecule has 0 aliphatic rings. The Morgan fingerprint density at radius 2 is 1.49 bits per heavy atom. The second kappa shape index (κ2) is 17.1. The maximum atomic E-state index is 13.2. The van der Waals surface area contributed by atoms with E-state index in [4.69, 9.17) is 27.4 Å². The van der Waals surface area contributed by atoms with Crippen molar-refractivity contribution in [1.82, 2.24) is 21.3 Å². The smallest absolute Gasteiger partial charge is 0.322 e. The van der Waals surface area contributed by atoms with Gasteiger partial charge in [0.1, 0.15) is 30.7 Å². The zero-order valence-corrected chi connectivity index (χ0v) is 21.8. The monoisotopic (exact) mass is 530 g/mol. The first-order valence-electron chi connectivity index (χ1n) is 12.1. The number of nitrogens with two attached hydrogens (primary N) is 3. The van der Waals surface area contributed by atoms with Crippen molar-refractivity contribution in [2.45, 2.75) is 71.1 Å². The third kappa shape index (κ3) is 12.9. The normalized spacial score (nSPS) is 14.9. The molecule has 4 amide bonds. The number of aliphatic hydroxyl groups excluding tert-OH is 1. The van der Waals surface area contributed by atoms with Crippen LogP contribution in [-0.2, 0) is 24.0 Å². The molecule has 0 bridgehead atoms. The number of carbonyl (C=O) groups is 5. The highest BCUT2D eigenvalue weighted by molar-refractivity contribution is 5.95. The first-order valence-corrected chi connectivity index (χ1v) is 12.1. The van der Waals surface area contributed by atoms with Crippen LogP contribution < -0.4 is 38.5 Å². The van der Waals surface area contributed by atoms with E-state index in [1.54, 1.807) is 20.8 Å². The maximum Gasteiger partial charge on any atom is 0.322 e. The summed E-state index contributed by atoms with van der Waals surface area (Å²) in [6.45, 7) is 5.83. The molecule has 0 aromatic heterocycles. The summed E-state index contributed by atoms with van der Waals surface area (Å²) in [6, 6.07) is -4.49. The maximum absolute atomic E-state index is 13.2. The molecule has 0 unspecified atom stereocenters. The van der Waals surface area contributed by atoms with Gasteiger partial charge in [0.25, 0.3) is 0 Å². The molecule has 0 aliphatic carbocycles. The van der Waals surface area contributed by atoms with E-state index in [1.807, 2.05) is 6.92 Å². The first kappa shape index (κ1) is 33.5. The number of aliphatic imine (C=N–C) groups is 1. The van der Waals surface area contributed by atoms with Crippen molar-refractivity contribution < 1.29 is 34.2 Å². The number of aliphatic carboxylic acids is 1. The second-order valence-electron chi connectivity index (χ2n) is 9.01. The highest BCUT2D eigenvalue weighted by atomic mass is 16.4. The van der Waals surface area contributed by atoms with Gasteiger partial charge in [0.2, 0.25) is 23.6 Å². The van der Waals surface area contributed by atoms with Crippen molar-refractivity contribution in [1.29, 1.82) is 0 Å². The number of hydrogen-bond donors (Lipinski definition) is 9. The minimum Gasteiger partial charge on any atom is -0.480 e. The highest BCUT2D eigenvalue weighted by Gasteiger charge is 2.33. The van der Waals surface area contributed by atoms with Crippen LogP contribution in [0.1, 0.15) is 47.0 Å². The van der Waals surface area contributed by atoms with Gasteiger partial charge in [0.05, 0.1) is 6.61 Å². The van der Waals surface area contributed by atoms with Crippen LogP contribution >= 0.6 is 0 Å². The SMILES string of the molecule is CC[C@H](C)[C@H](NC(=O)[C@H](CCCN=C(N)N)NC(=O)[C@@H](N)CO)C(=O)N[C@H](C(=O)NCC(=O)O)C(C)C. The fourth-order valence-corrected chi connectivity index (χ4v) is 3.14. The molecule has 0 saturated heterocycles. The number of carboxylic acid groups (broad SMARTS) is 1. The number of aliphatic hydroxyl groups is 1. The minimum atomic E-state index is -1.25. The van der Waals surface area contributed by atoms with Gasteiger partial charge in [-0.3, -0.25) is 29.0 Å². The summed E-state index contributed by atoms with van der Waals surface area (Å²) < 4.78 is 0. The third-order valence-corrected chi connectivity index (χ3v) is 5.57. The topological polar surface area (TPSA) is 264 Å². The molecule has 212 valence electrons. The van der Waals surface area contributed by atoms with Crippen LogP contribution in [-0.4, -0.2) is 89.6 Å². The summed E-state index contributed by atoms with van der Waals surface area (Å²) in [4.78, 5) is 65.6. The van der Waals surface area contributed by atoms with Crippen LogP contribution in [0.15, 0.2) is 4.99 Å². The van der Waals surface area contributed by atoms with E-state index < -0.39 is 66.9 Å². The van der Waals surface area contributed by atoms with Gasteiger partial charge in [-0.2, -0.15) is 0 Å². The predicted molar refractivity (Wildman–Crippen MR) is 136 cm³/mol. The Morgan fingerprint density at radius 1 is 0.892 bits per heavy atom. The number of guanidine groups is 1. The van der Waals surface area contributed by atoms with E-state index in [0.29, 0.717) is 12.8 Å². The molecule has 12 N–H and O–H groups in total. The zero-order chi connectivity index (χ0) is 28.7. The summed E-state index contributed by atoms with van der Waals surface area (Å²) >= 11 is 0. The molecule has 0 heterocycles. The Balaban J connectivity index is 5.69. The lowest BCUT2D eigenvalue weighted by molar-refractivity contribution is -0.139. The van der Waals surface area contributed by atoms with E-state index in [0.717, 1.165) is 0 Å². The lowest BCUT2D eigenvalue weighted by Crippen LogP contribution is -2.60. The molecule has 0 saturated carbocycles. The number of hydrogen-bond acceptors (Lipinski definition) is 8. The van der Waals surface area contributed by atoms with E-state index in [2.05, 4.69) is 26.3 Å². The van der Waals surface area contributed by atoms with Crippen molar-refractivity contribution >= 4 is 35.6 Å². The summed E-state index contributed by atoms with van der Waals surface area (Å²) in [7, 11) is 0. The molecule has 15 nitrogen and oxygen atoms in total. The molecule has 0 spiro atoms. The number of carboxylic acids is 1. The van der Waals surface area contributed by atoms with Gasteiger partial charge in [-0.25, -0.2) is 0 Å².